The maximum absolute atomic E-state index is 11.4. The zero-order chi connectivity index (χ0) is 15.3. The highest BCUT2D eigenvalue weighted by Gasteiger charge is 2.22. The van der Waals surface area contributed by atoms with Crippen LogP contribution in [-0.4, -0.2) is 44.8 Å². The Balaban J connectivity index is 2.35. The molecule has 0 aliphatic heterocycles. The predicted octanol–water partition coefficient (Wildman–Crippen LogP) is 0.301. The van der Waals surface area contributed by atoms with E-state index in [9.17, 15) is 15.0 Å². The summed E-state index contributed by atoms with van der Waals surface area (Å²) < 4.78 is 5.04. The number of carbonyl (C=O) groups excluding carboxylic acids is 1. The molecule has 1 amide bonds. The monoisotopic (exact) mass is 286 g/mol. The molecule has 8 nitrogen and oxygen atoms in total. The summed E-state index contributed by atoms with van der Waals surface area (Å²) in [5.41, 5.74) is 5.30. The third-order valence-electron chi connectivity index (χ3n) is 2.49. The lowest BCUT2D eigenvalue weighted by atomic mass is 10.0. The van der Waals surface area contributed by atoms with E-state index < -0.39 is 23.9 Å². The predicted molar refractivity (Wildman–Crippen MR) is 72.8 cm³/mol. The van der Waals surface area contributed by atoms with Crippen molar-refractivity contribution in [2.24, 2.45) is 0 Å². The lowest BCUT2D eigenvalue weighted by Crippen LogP contribution is -2.34. The van der Waals surface area contributed by atoms with Crippen LogP contribution in [0, 0.1) is 0 Å². The maximum atomic E-state index is 11.4. The van der Waals surface area contributed by atoms with E-state index in [1.807, 2.05) is 0 Å². The summed E-state index contributed by atoms with van der Waals surface area (Å²) in [6.07, 6.45) is -1.28. The number of aliphatic hydroxyl groups excluding tert-OH is 2. The summed E-state index contributed by atoms with van der Waals surface area (Å²) >= 11 is 0. The zero-order valence-corrected chi connectivity index (χ0v) is 11.9. The fourth-order valence-electron chi connectivity index (χ4n) is 1.54. The summed E-state index contributed by atoms with van der Waals surface area (Å²) in [6.45, 7) is 5.44. The van der Waals surface area contributed by atoms with Gasteiger partial charge in [0.1, 0.15) is 17.5 Å². The standard InChI is InChI=1S/C12H22N4O4/c1-12(2,3)20-11(19)14-5-4-8(17)9(18)7-6-15-16-10(7)13/h6,8-9,17-18H,4-5H2,1-3H3,(H,14,19)(H3,13,15,16). The average Bonchev–Trinajstić information content (AvgIpc) is 2.71. The number of H-pyrrole nitrogens is 1. The fourth-order valence-corrected chi connectivity index (χ4v) is 1.54. The Kier molecular flexibility index (Phi) is 5.34. The highest BCUT2D eigenvalue weighted by atomic mass is 16.6. The van der Waals surface area contributed by atoms with Crippen LogP contribution in [0.2, 0.25) is 0 Å². The van der Waals surface area contributed by atoms with E-state index in [-0.39, 0.29) is 18.8 Å². The van der Waals surface area contributed by atoms with E-state index in [2.05, 4.69) is 15.5 Å². The first kappa shape index (κ1) is 16.3. The molecule has 8 heteroatoms. The highest BCUT2D eigenvalue weighted by molar-refractivity contribution is 5.67. The number of carbonyl (C=O) groups is 1. The molecule has 1 aromatic heterocycles. The van der Waals surface area contributed by atoms with Crippen LogP contribution in [-0.2, 0) is 4.74 Å². The second-order valence-electron chi connectivity index (χ2n) is 5.47. The number of alkyl carbamates (subject to hydrolysis) is 1. The number of aliphatic hydroxyl groups is 2. The number of nitrogens with two attached hydrogens (primary N) is 1. The summed E-state index contributed by atoms with van der Waals surface area (Å²) in [7, 11) is 0. The number of hydrogen-bond donors (Lipinski definition) is 5. The molecule has 114 valence electrons. The average molecular weight is 286 g/mol. The molecule has 1 heterocycles. The molecule has 0 saturated heterocycles. The van der Waals surface area contributed by atoms with Crippen LogP contribution >= 0.6 is 0 Å². The highest BCUT2D eigenvalue weighted by Crippen LogP contribution is 2.22. The largest absolute Gasteiger partial charge is 0.444 e. The van der Waals surface area contributed by atoms with Crippen molar-refractivity contribution < 1.29 is 19.7 Å². The minimum atomic E-state index is -1.16. The lowest BCUT2D eigenvalue weighted by Gasteiger charge is -2.21. The van der Waals surface area contributed by atoms with Gasteiger partial charge in [-0.1, -0.05) is 0 Å². The van der Waals surface area contributed by atoms with Crippen molar-refractivity contribution in [2.75, 3.05) is 12.3 Å². The van der Waals surface area contributed by atoms with E-state index in [1.54, 1.807) is 20.8 Å². The Bertz CT molecular complexity index is 441. The van der Waals surface area contributed by atoms with Crippen LogP contribution in [0.1, 0.15) is 38.9 Å². The third kappa shape index (κ3) is 5.06. The van der Waals surface area contributed by atoms with Gasteiger partial charge in [0, 0.05) is 12.1 Å². The second kappa shape index (κ2) is 6.58. The number of amides is 1. The summed E-state index contributed by atoms with van der Waals surface area (Å²) in [6, 6.07) is 0. The Labute approximate surface area is 117 Å². The van der Waals surface area contributed by atoms with Gasteiger partial charge in [-0.2, -0.15) is 5.10 Å². The minimum absolute atomic E-state index is 0.158. The number of aromatic amines is 1. The number of aromatic nitrogens is 2. The van der Waals surface area contributed by atoms with E-state index in [0.29, 0.717) is 5.56 Å². The van der Waals surface area contributed by atoms with Gasteiger partial charge in [-0.25, -0.2) is 4.79 Å². The van der Waals surface area contributed by atoms with Crippen molar-refractivity contribution in [1.82, 2.24) is 15.5 Å². The van der Waals surface area contributed by atoms with Gasteiger partial charge in [0.25, 0.3) is 0 Å². The van der Waals surface area contributed by atoms with Crippen molar-refractivity contribution in [3.05, 3.63) is 11.8 Å². The first-order valence-corrected chi connectivity index (χ1v) is 6.32. The van der Waals surface area contributed by atoms with Gasteiger partial charge in [-0.05, 0) is 27.2 Å². The Morgan fingerprint density at radius 1 is 1.55 bits per heavy atom. The SMILES string of the molecule is CC(C)(C)OC(=O)NCCC(O)C(O)c1cn[nH]c1N. The fraction of sp³-hybridized carbons (Fsp3) is 0.667. The topological polar surface area (TPSA) is 133 Å². The first-order valence-electron chi connectivity index (χ1n) is 6.32. The Morgan fingerprint density at radius 2 is 2.20 bits per heavy atom. The van der Waals surface area contributed by atoms with E-state index in [1.165, 1.54) is 6.20 Å². The molecule has 0 spiro atoms. The molecule has 0 saturated carbocycles. The molecule has 1 aromatic rings. The molecule has 6 N–H and O–H groups in total. The lowest BCUT2D eigenvalue weighted by molar-refractivity contribution is 0.0127. The molecular weight excluding hydrogens is 264 g/mol. The number of anilines is 1. The van der Waals surface area contributed by atoms with Gasteiger partial charge in [0.2, 0.25) is 0 Å². The van der Waals surface area contributed by atoms with Crippen LogP contribution in [0.15, 0.2) is 6.20 Å². The number of hydrogen-bond acceptors (Lipinski definition) is 6. The van der Waals surface area contributed by atoms with Gasteiger partial charge >= 0.3 is 6.09 Å². The number of ether oxygens (including phenoxy) is 1. The third-order valence-corrected chi connectivity index (χ3v) is 2.49. The number of nitrogen functional groups attached to an aromatic ring is 1. The molecular formula is C12H22N4O4. The summed E-state index contributed by atoms with van der Waals surface area (Å²) in [5, 5.41) is 28.3. The van der Waals surface area contributed by atoms with Crippen LogP contribution in [0.4, 0.5) is 10.6 Å². The van der Waals surface area contributed by atoms with Crippen LogP contribution in [0.3, 0.4) is 0 Å². The molecule has 2 atom stereocenters. The number of nitrogens with zero attached hydrogens (tertiary/aromatic N) is 1. The summed E-state index contributed by atoms with van der Waals surface area (Å²) in [4.78, 5) is 11.4. The van der Waals surface area contributed by atoms with E-state index in [0.717, 1.165) is 0 Å². The summed E-state index contributed by atoms with van der Waals surface area (Å²) in [5.74, 6) is 0.205. The molecule has 0 fully saturated rings. The normalized spacial score (nSPS) is 14.7. The molecule has 0 aromatic carbocycles. The smallest absolute Gasteiger partial charge is 0.407 e. The van der Waals surface area contributed by atoms with Gasteiger partial charge in [0.05, 0.1) is 12.3 Å². The quantitative estimate of drug-likeness (QED) is 0.528. The van der Waals surface area contributed by atoms with E-state index in [4.69, 9.17) is 10.5 Å². The Morgan fingerprint density at radius 3 is 2.70 bits per heavy atom. The van der Waals surface area contributed by atoms with Gasteiger partial charge in [0.15, 0.2) is 0 Å². The molecule has 2 unspecified atom stereocenters. The zero-order valence-electron chi connectivity index (χ0n) is 11.9. The molecule has 0 radical (unpaired) electrons. The molecule has 1 rings (SSSR count). The van der Waals surface area contributed by atoms with Crippen molar-refractivity contribution in [2.45, 2.75) is 45.0 Å². The second-order valence-corrected chi connectivity index (χ2v) is 5.47. The van der Waals surface area contributed by atoms with Crippen LogP contribution < -0.4 is 11.1 Å². The molecule has 0 aliphatic carbocycles. The van der Waals surface area contributed by atoms with Crippen molar-refractivity contribution in [1.29, 1.82) is 0 Å². The maximum Gasteiger partial charge on any atom is 0.407 e. The number of rotatable bonds is 5. The molecule has 0 aliphatic rings. The van der Waals surface area contributed by atoms with Gasteiger partial charge < -0.3 is 26.0 Å². The van der Waals surface area contributed by atoms with E-state index >= 15 is 0 Å². The first-order chi connectivity index (χ1) is 9.20. The van der Waals surface area contributed by atoms with Gasteiger partial charge in [-0.3, -0.25) is 5.10 Å². The molecule has 0 bridgehead atoms. The van der Waals surface area contributed by atoms with Crippen LogP contribution in [0.5, 0.6) is 0 Å². The molecule has 20 heavy (non-hydrogen) atoms. The van der Waals surface area contributed by atoms with Crippen molar-refractivity contribution in [3.8, 4) is 0 Å². The van der Waals surface area contributed by atoms with Gasteiger partial charge in [-0.15, -0.1) is 0 Å². The minimum Gasteiger partial charge on any atom is -0.444 e. The Hall–Kier alpha value is -1.80. The number of nitrogens with one attached hydrogen (secondary N) is 2. The van der Waals surface area contributed by atoms with Crippen LogP contribution in [0.25, 0.3) is 0 Å². The van der Waals surface area contributed by atoms with Crippen molar-refractivity contribution >= 4 is 11.9 Å². The van der Waals surface area contributed by atoms with Crippen molar-refractivity contribution in [3.63, 3.8) is 0 Å².